The quantitative estimate of drug-likeness (QED) is 0.538. The molecule has 0 fully saturated rings. The highest BCUT2D eigenvalue weighted by Crippen LogP contribution is 2.15. The van der Waals surface area contributed by atoms with Crippen molar-refractivity contribution < 1.29 is 8.98 Å². The molecule has 1 aromatic carbocycles. The predicted octanol–water partition coefficient (Wildman–Crippen LogP) is 2.17. The van der Waals surface area contributed by atoms with E-state index in [9.17, 15) is 4.79 Å². The lowest BCUT2D eigenvalue weighted by Crippen LogP contribution is -1.96. The third-order valence-electron chi connectivity index (χ3n) is 1.87. The second kappa shape index (κ2) is 3.14. The Balaban J connectivity index is 2.54. The Morgan fingerprint density at radius 1 is 1.38 bits per heavy atom. The summed E-state index contributed by atoms with van der Waals surface area (Å²) in [6.07, 6.45) is 1.82. The van der Waals surface area contributed by atoms with Crippen LogP contribution in [0.2, 0.25) is 0 Å². The van der Waals surface area contributed by atoms with E-state index in [4.69, 9.17) is 0 Å². The van der Waals surface area contributed by atoms with Gasteiger partial charge in [-0.2, -0.15) is 0 Å². The van der Waals surface area contributed by atoms with Crippen LogP contribution < -0.4 is 0 Å². The van der Waals surface area contributed by atoms with Crippen molar-refractivity contribution in [2.75, 3.05) is 0 Å². The van der Waals surface area contributed by atoms with Crippen molar-refractivity contribution in [3.8, 4) is 0 Å². The molecule has 0 amide bonds. The number of hydrogen-bond donors (Lipinski definition) is 2. The van der Waals surface area contributed by atoms with Crippen LogP contribution in [-0.4, -0.2) is 11.0 Å². The molecule has 1 heterocycles. The normalized spacial score (nSPS) is 10.2. The van der Waals surface area contributed by atoms with Gasteiger partial charge in [-0.15, -0.1) is 0 Å². The third kappa shape index (κ3) is 1.40. The highest BCUT2D eigenvalue weighted by atomic mass is 32.1. The van der Waals surface area contributed by atoms with Crippen LogP contribution in [0.4, 0.5) is 0 Å². The summed E-state index contributed by atoms with van der Waals surface area (Å²) in [5, 5.41) is 0.983. The van der Waals surface area contributed by atoms with E-state index in [1.807, 2.05) is 18.3 Å². The number of benzene rings is 1. The topological polar surface area (TPSA) is 42.1 Å². The maximum atomic E-state index is 11.1. The molecule has 0 unspecified atom stereocenters. The van der Waals surface area contributed by atoms with E-state index in [0.717, 1.165) is 10.9 Å². The molecule has 0 saturated heterocycles. The van der Waals surface area contributed by atoms with E-state index >= 15 is 0 Å². The van der Waals surface area contributed by atoms with Crippen molar-refractivity contribution in [2.45, 2.75) is 0 Å². The largest absolute Gasteiger partial charge is 0.391 e. The Bertz CT molecular complexity index is 450. The van der Waals surface area contributed by atoms with Crippen LogP contribution in [0.15, 0.2) is 30.5 Å². The minimum absolute atomic E-state index is 0.438. The molecule has 66 valence electrons. The van der Waals surface area contributed by atoms with Gasteiger partial charge in [-0.05, 0) is 24.3 Å². The summed E-state index contributed by atoms with van der Waals surface area (Å²) in [6.45, 7) is 0. The SMILES string of the molecule is O=C(OS)c1ccc2[nH]ccc2c1. The fraction of sp³-hybridized carbons (Fsp3) is 0. The molecule has 2 rings (SSSR count). The van der Waals surface area contributed by atoms with Gasteiger partial charge in [0.2, 0.25) is 0 Å². The molecule has 0 radical (unpaired) electrons. The molecule has 0 saturated carbocycles. The molecule has 0 atom stereocenters. The Labute approximate surface area is 80.3 Å². The fourth-order valence-corrected chi connectivity index (χ4v) is 1.34. The highest BCUT2D eigenvalue weighted by Gasteiger charge is 2.05. The number of H-pyrrole nitrogens is 1. The first-order chi connectivity index (χ1) is 6.31. The van der Waals surface area contributed by atoms with Crippen molar-refractivity contribution in [3.05, 3.63) is 36.0 Å². The monoisotopic (exact) mass is 193 g/mol. The van der Waals surface area contributed by atoms with Crippen LogP contribution in [0.25, 0.3) is 10.9 Å². The van der Waals surface area contributed by atoms with Crippen LogP contribution in [0.3, 0.4) is 0 Å². The van der Waals surface area contributed by atoms with E-state index in [1.54, 1.807) is 12.1 Å². The van der Waals surface area contributed by atoms with Gasteiger partial charge < -0.3 is 9.17 Å². The Morgan fingerprint density at radius 3 is 3.00 bits per heavy atom. The zero-order chi connectivity index (χ0) is 9.26. The van der Waals surface area contributed by atoms with Gasteiger partial charge in [0, 0.05) is 30.0 Å². The number of hydrogen-bond acceptors (Lipinski definition) is 3. The molecule has 13 heavy (non-hydrogen) atoms. The average Bonchev–Trinajstić information content (AvgIpc) is 2.63. The van der Waals surface area contributed by atoms with Gasteiger partial charge >= 0.3 is 5.97 Å². The Kier molecular flexibility index (Phi) is 1.98. The average molecular weight is 193 g/mol. The fourth-order valence-electron chi connectivity index (χ4n) is 1.23. The van der Waals surface area contributed by atoms with Gasteiger partial charge in [-0.1, -0.05) is 0 Å². The summed E-state index contributed by atoms with van der Waals surface area (Å²) in [6, 6.07) is 7.17. The first-order valence-electron chi connectivity index (χ1n) is 3.74. The van der Waals surface area contributed by atoms with E-state index in [1.165, 1.54) is 0 Å². The highest BCUT2D eigenvalue weighted by molar-refractivity contribution is 7.75. The number of thiol groups is 1. The van der Waals surface area contributed by atoms with Crippen LogP contribution in [0, 0.1) is 0 Å². The van der Waals surface area contributed by atoms with Crippen molar-refractivity contribution in [3.63, 3.8) is 0 Å². The minimum Gasteiger partial charge on any atom is -0.391 e. The molecule has 0 aliphatic carbocycles. The minimum atomic E-state index is -0.438. The van der Waals surface area contributed by atoms with Crippen LogP contribution >= 0.6 is 12.9 Å². The zero-order valence-electron chi connectivity index (χ0n) is 6.65. The van der Waals surface area contributed by atoms with Crippen molar-refractivity contribution >= 4 is 29.8 Å². The van der Waals surface area contributed by atoms with Crippen molar-refractivity contribution in [1.82, 2.24) is 4.98 Å². The summed E-state index contributed by atoms with van der Waals surface area (Å²) in [5.41, 5.74) is 1.50. The van der Waals surface area contributed by atoms with Gasteiger partial charge in [0.05, 0.1) is 5.56 Å². The number of aromatic nitrogens is 1. The smallest absolute Gasteiger partial charge is 0.349 e. The van der Waals surface area contributed by atoms with Gasteiger partial charge in [0.1, 0.15) is 0 Å². The molecule has 0 bridgehead atoms. The maximum Gasteiger partial charge on any atom is 0.349 e. The van der Waals surface area contributed by atoms with Crippen LogP contribution in [0.5, 0.6) is 0 Å². The summed E-state index contributed by atoms with van der Waals surface area (Å²) in [4.78, 5) is 14.1. The van der Waals surface area contributed by atoms with Gasteiger partial charge in [0.15, 0.2) is 0 Å². The molecule has 0 aliphatic rings. The molecular weight excluding hydrogens is 186 g/mol. The Morgan fingerprint density at radius 2 is 2.23 bits per heavy atom. The lowest BCUT2D eigenvalue weighted by Gasteiger charge is -1.96. The van der Waals surface area contributed by atoms with Gasteiger partial charge in [-0.3, -0.25) is 0 Å². The molecular formula is C9H7NO2S. The summed E-state index contributed by atoms with van der Waals surface area (Å²) >= 11 is 3.45. The van der Waals surface area contributed by atoms with Crippen molar-refractivity contribution in [2.24, 2.45) is 0 Å². The maximum absolute atomic E-state index is 11.1. The number of carbonyl (C=O) groups excluding carboxylic acids is 1. The summed E-state index contributed by atoms with van der Waals surface area (Å²) in [5.74, 6) is -0.438. The molecule has 0 spiro atoms. The van der Waals surface area contributed by atoms with Crippen molar-refractivity contribution in [1.29, 1.82) is 0 Å². The third-order valence-corrected chi connectivity index (χ3v) is 2.04. The summed E-state index contributed by atoms with van der Waals surface area (Å²) in [7, 11) is 0. The molecule has 4 heteroatoms. The lowest BCUT2D eigenvalue weighted by molar-refractivity contribution is 0.0772. The second-order valence-corrected chi connectivity index (χ2v) is 2.84. The number of rotatable bonds is 1. The number of carbonyl (C=O) groups is 1. The Hall–Kier alpha value is -1.42. The van der Waals surface area contributed by atoms with E-state index in [-0.39, 0.29) is 0 Å². The standard InChI is InChI=1S/C9H7NO2S/c11-9(12-13)7-1-2-8-6(5-7)3-4-10-8/h1-5,10,13H. The first-order valence-corrected chi connectivity index (χ1v) is 4.10. The molecule has 3 nitrogen and oxygen atoms in total. The predicted molar refractivity (Wildman–Crippen MR) is 52.7 cm³/mol. The zero-order valence-corrected chi connectivity index (χ0v) is 7.54. The van der Waals surface area contributed by atoms with Crippen LogP contribution in [-0.2, 0) is 4.18 Å². The molecule has 0 aliphatic heterocycles. The second-order valence-electron chi connectivity index (χ2n) is 2.66. The van der Waals surface area contributed by atoms with E-state index in [2.05, 4.69) is 22.1 Å². The van der Waals surface area contributed by atoms with Gasteiger partial charge in [0.25, 0.3) is 0 Å². The van der Waals surface area contributed by atoms with E-state index < -0.39 is 5.97 Å². The molecule has 1 N–H and O–H groups in total. The molecule has 1 aromatic heterocycles. The number of fused-ring (bicyclic) bond motifs is 1. The van der Waals surface area contributed by atoms with E-state index in [0.29, 0.717) is 5.56 Å². The molecule has 2 aromatic rings. The summed E-state index contributed by atoms with van der Waals surface area (Å²) < 4.78 is 4.31. The lowest BCUT2D eigenvalue weighted by atomic mass is 10.1. The number of nitrogens with one attached hydrogen (secondary N) is 1. The van der Waals surface area contributed by atoms with Gasteiger partial charge in [-0.25, -0.2) is 4.79 Å². The first kappa shape index (κ1) is 8.19. The number of aromatic amines is 1. The van der Waals surface area contributed by atoms with Crippen LogP contribution in [0.1, 0.15) is 10.4 Å².